The lowest BCUT2D eigenvalue weighted by molar-refractivity contribution is -0.145. The molecule has 3 atom stereocenters. The lowest BCUT2D eigenvalue weighted by Crippen LogP contribution is -2.50. The molecule has 11 heteroatoms. The molecular weight excluding hydrogens is 470 g/mol. The van der Waals surface area contributed by atoms with Crippen molar-refractivity contribution in [2.75, 3.05) is 33.9 Å². The number of carbonyl (C=O) groups is 4. The van der Waals surface area contributed by atoms with Crippen molar-refractivity contribution in [2.24, 2.45) is 5.41 Å². The molecule has 0 aliphatic carbocycles. The molecule has 2 amide bonds. The molecule has 1 aliphatic rings. The van der Waals surface area contributed by atoms with Crippen LogP contribution >= 0.6 is 0 Å². The number of likely N-dealkylation sites (N-methyl/N-ethyl adjacent to an activating group) is 1. The summed E-state index contributed by atoms with van der Waals surface area (Å²) in [4.78, 5) is 50.3. The number of nitrogens with zero attached hydrogens (tertiary/aromatic N) is 1. The maximum atomic E-state index is 13.1. The Kier molecular flexibility index (Phi) is 10.2. The Balaban J connectivity index is 1.97. The van der Waals surface area contributed by atoms with Crippen LogP contribution in [0.15, 0.2) is 18.2 Å². The van der Waals surface area contributed by atoms with Crippen LogP contribution < -0.4 is 15.4 Å². The predicted molar refractivity (Wildman–Crippen MR) is 131 cm³/mol. The highest BCUT2D eigenvalue weighted by molar-refractivity contribution is 5.88. The Morgan fingerprint density at radius 3 is 2.36 bits per heavy atom. The van der Waals surface area contributed by atoms with E-state index in [1.54, 1.807) is 20.2 Å². The number of benzene rings is 1. The molecule has 2 rings (SSSR count). The van der Waals surface area contributed by atoms with E-state index in [2.05, 4.69) is 10.6 Å². The van der Waals surface area contributed by atoms with Gasteiger partial charge in [-0.05, 0) is 30.5 Å². The number of rotatable bonds is 12. The van der Waals surface area contributed by atoms with Gasteiger partial charge in [-0.25, -0.2) is 9.59 Å². The first kappa shape index (κ1) is 29.1. The van der Waals surface area contributed by atoms with Gasteiger partial charge in [0, 0.05) is 31.6 Å². The molecule has 0 spiro atoms. The smallest absolute Gasteiger partial charge is 0.328 e. The summed E-state index contributed by atoms with van der Waals surface area (Å²) in [5, 5.41) is 24.0. The Morgan fingerprint density at radius 2 is 1.78 bits per heavy atom. The SMILES string of the molecule is COc1cccc2c1CCN(C)C2C(=O)NC(COCCC(NC(=O)CC(C)(C)C)C(=O)O)C(=O)O. The highest BCUT2D eigenvalue weighted by Gasteiger charge is 2.34. The molecule has 0 aromatic heterocycles. The fraction of sp³-hybridized carbons (Fsp3) is 0.600. The van der Waals surface area contributed by atoms with Gasteiger partial charge in [-0.15, -0.1) is 0 Å². The van der Waals surface area contributed by atoms with Gasteiger partial charge in [0.2, 0.25) is 11.8 Å². The van der Waals surface area contributed by atoms with Crippen molar-refractivity contribution in [3.63, 3.8) is 0 Å². The van der Waals surface area contributed by atoms with E-state index in [1.807, 2.05) is 37.8 Å². The Hall–Kier alpha value is -3.18. The third kappa shape index (κ3) is 8.20. The van der Waals surface area contributed by atoms with Gasteiger partial charge in [0.15, 0.2) is 6.04 Å². The highest BCUT2D eigenvalue weighted by atomic mass is 16.5. The average molecular weight is 508 g/mol. The molecule has 1 aromatic carbocycles. The summed E-state index contributed by atoms with van der Waals surface area (Å²) in [7, 11) is 3.35. The van der Waals surface area contributed by atoms with Crippen LogP contribution in [0.4, 0.5) is 0 Å². The molecule has 0 saturated heterocycles. The highest BCUT2D eigenvalue weighted by Crippen LogP contribution is 2.34. The van der Waals surface area contributed by atoms with Crippen LogP contribution in [0.3, 0.4) is 0 Å². The van der Waals surface area contributed by atoms with Crippen molar-refractivity contribution >= 4 is 23.8 Å². The maximum Gasteiger partial charge on any atom is 0.328 e. The van der Waals surface area contributed by atoms with E-state index in [0.29, 0.717) is 18.7 Å². The molecule has 0 saturated carbocycles. The Labute approximate surface area is 211 Å². The van der Waals surface area contributed by atoms with E-state index < -0.39 is 36.0 Å². The van der Waals surface area contributed by atoms with Crippen molar-refractivity contribution in [3.05, 3.63) is 29.3 Å². The number of fused-ring (bicyclic) bond motifs is 1. The molecule has 1 aliphatic heterocycles. The number of carboxylic acid groups (broad SMARTS) is 2. The van der Waals surface area contributed by atoms with Crippen LogP contribution in [0.2, 0.25) is 0 Å². The van der Waals surface area contributed by atoms with Crippen molar-refractivity contribution in [1.82, 2.24) is 15.5 Å². The Morgan fingerprint density at radius 1 is 1.11 bits per heavy atom. The molecular formula is C25H37N3O8. The number of hydrogen-bond acceptors (Lipinski definition) is 7. The standard InChI is InChI=1S/C25H37N3O8/c1-25(2,3)13-20(29)26-17(23(31)32)10-12-36-14-18(24(33)34)27-22(30)21-16-7-6-8-19(35-5)15(16)9-11-28(21)4/h6-8,17-18,21H,9-14H2,1-5H3,(H,26,29)(H,27,30)(H,31,32)(H,33,34). The van der Waals surface area contributed by atoms with E-state index in [-0.39, 0.29) is 37.4 Å². The maximum absolute atomic E-state index is 13.1. The third-order valence-corrected chi connectivity index (χ3v) is 5.86. The van der Waals surface area contributed by atoms with Crippen molar-refractivity contribution in [1.29, 1.82) is 0 Å². The number of carbonyl (C=O) groups excluding carboxylic acids is 2. The van der Waals surface area contributed by atoms with Gasteiger partial charge in [-0.1, -0.05) is 32.9 Å². The minimum absolute atomic E-state index is 0.0516. The second-order valence-electron chi connectivity index (χ2n) is 10.1. The topological polar surface area (TPSA) is 154 Å². The summed E-state index contributed by atoms with van der Waals surface area (Å²) >= 11 is 0. The van der Waals surface area contributed by atoms with Gasteiger partial charge in [0.25, 0.3) is 0 Å². The summed E-state index contributed by atoms with van der Waals surface area (Å²) in [5.74, 6) is -2.68. The van der Waals surface area contributed by atoms with E-state index in [0.717, 1.165) is 11.1 Å². The van der Waals surface area contributed by atoms with E-state index in [4.69, 9.17) is 9.47 Å². The zero-order chi connectivity index (χ0) is 27.0. The first-order valence-electron chi connectivity index (χ1n) is 11.8. The summed E-state index contributed by atoms with van der Waals surface area (Å²) in [6, 6.07) is 2.24. The lowest BCUT2D eigenvalue weighted by atomic mass is 9.91. The van der Waals surface area contributed by atoms with Gasteiger partial charge in [-0.2, -0.15) is 0 Å². The van der Waals surface area contributed by atoms with E-state index in [1.165, 1.54) is 0 Å². The number of aliphatic carboxylic acids is 2. The minimum Gasteiger partial charge on any atom is -0.496 e. The first-order valence-corrected chi connectivity index (χ1v) is 11.8. The Bertz CT molecular complexity index is 959. The summed E-state index contributed by atoms with van der Waals surface area (Å²) in [6.45, 7) is 5.72. The van der Waals surface area contributed by atoms with Crippen LogP contribution in [0, 0.1) is 5.41 Å². The number of hydrogen-bond donors (Lipinski definition) is 4. The molecule has 1 heterocycles. The first-order chi connectivity index (χ1) is 16.8. The van der Waals surface area contributed by atoms with Crippen LogP contribution in [0.5, 0.6) is 5.75 Å². The van der Waals surface area contributed by atoms with Gasteiger partial charge < -0.3 is 30.3 Å². The summed E-state index contributed by atoms with van der Waals surface area (Å²) in [5.41, 5.74) is 1.37. The molecule has 0 radical (unpaired) electrons. The van der Waals surface area contributed by atoms with Gasteiger partial charge >= 0.3 is 11.9 Å². The fourth-order valence-electron chi connectivity index (χ4n) is 4.11. The lowest BCUT2D eigenvalue weighted by Gasteiger charge is -2.34. The molecule has 11 nitrogen and oxygen atoms in total. The predicted octanol–water partition coefficient (Wildman–Crippen LogP) is 1.21. The molecule has 0 bridgehead atoms. The zero-order valence-corrected chi connectivity index (χ0v) is 21.5. The van der Waals surface area contributed by atoms with Crippen molar-refractivity contribution < 1.29 is 38.9 Å². The molecule has 36 heavy (non-hydrogen) atoms. The van der Waals surface area contributed by atoms with E-state index in [9.17, 15) is 29.4 Å². The van der Waals surface area contributed by atoms with Gasteiger partial charge in [0.05, 0.1) is 13.7 Å². The van der Waals surface area contributed by atoms with Crippen LogP contribution in [0.1, 0.15) is 50.8 Å². The van der Waals surface area contributed by atoms with Crippen LogP contribution in [-0.4, -0.2) is 84.9 Å². The molecule has 3 unspecified atom stereocenters. The van der Waals surface area contributed by atoms with Gasteiger partial charge in [0.1, 0.15) is 17.8 Å². The summed E-state index contributed by atoms with van der Waals surface area (Å²) < 4.78 is 10.8. The monoisotopic (exact) mass is 507 g/mol. The molecule has 0 fully saturated rings. The second-order valence-corrected chi connectivity index (χ2v) is 10.1. The number of ether oxygens (including phenoxy) is 2. The number of amides is 2. The fourth-order valence-corrected chi connectivity index (χ4v) is 4.11. The molecule has 1 aromatic rings. The molecule has 200 valence electrons. The van der Waals surface area contributed by atoms with Crippen molar-refractivity contribution in [2.45, 2.75) is 58.2 Å². The quantitative estimate of drug-likeness (QED) is 0.306. The van der Waals surface area contributed by atoms with Gasteiger partial charge in [-0.3, -0.25) is 14.5 Å². The third-order valence-electron chi connectivity index (χ3n) is 5.86. The average Bonchev–Trinajstić information content (AvgIpc) is 2.77. The minimum atomic E-state index is -1.33. The zero-order valence-electron chi connectivity index (χ0n) is 21.5. The second kappa shape index (κ2) is 12.7. The van der Waals surface area contributed by atoms with Crippen LogP contribution in [0.25, 0.3) is 0 Å². The summed E-state index contributed by atoms with van der Waals surface area (Å²) in [6.07, 6.45) is 0.807. The van der Waals surface area contributed by atoms with E-state index >= 15 is 0 Å². The normalized spacial score (nSPS) is 17.4. The molecule has 4 N–H and O–H groups in total. The number of methoxy groups -OCH3 is 1. The van der Waals surface area contributed by atoms with Crippen LogP contribution in [-0.2, 0) is 30.3 Å². The largest absolute Gasteiger partial charge is 0.496 e. The van der Waals surface area contributed by atoms with Crippen molar-refractivity contribution in [3.8, 4) is 5.75 Å². The number of nitrogens with one attached hydrogen (secondary N) is 2. The number of carboxylic acids is 2.